The summed E-state index contributed by atoms with van der Waals surface area (Å²) in [5.41, 5.74) is 14.3. The second-order valence-electron chi connectivity index (χ2n) is 5.05. The number of nitrogens with two attached hydrogens (primary N) is 2. The third-order valence-electron chi connectivity index (χ3n) is 3.51. The van der Waals surface area contributed by atoms with Gasteiger partial charge in [-0.3, -0.25) is 9.67 Å². The van der Waals surface area contributed by atoms with E-state index in [2.05, 4.69) is 20.1 Å². The van der Waals surface area contributed by atoms with Gasteiger partial charge in [-0.1, -0.05) is 6.07 Å². The highest BCUT2D eigenvalue weighted by Gasteiger charge is 2.11. The second-order valence-corrected chi connectivity index (χ2v) is 5.05. The average Bonchev–Trinajstić information content (AvgIpc) is 2.89. The van der Waals surface area contributed by atoms with Crippen LogP contribution in [0.4, 0.5) is 11.8 Å². The van der Waals surface area contributed by atoms with Gasteiger partial charge in [0.25, 0.3) is 0 Å². The summed E-state index contributed by atoms with van der Waals surface area (Å²) in [4.78, 5) is 12.4. The Morgan fingerprint density at radius 3 is 2.65 bits per heavy atom. The molecular formula is C15H14ClN7. The molecule has 23 heavy (non-hydrogen) atoms. The molecule has 4 N–H and O–H groups in total. The lowest BCUT2D eigenvalue weighted by Gasteiger charge is -2.02. The molecule has 0 fully saturated rings. The summed E-state index contributed by atoms with van der Waals surface area (Å²) in [6.45, 7) is 0.639. The highest BCUT2D eigenvalue weighted by molar-refractivity contribution is 6.09. The molecule has 4 rings (SSSR count). The highest BCUT2D eigenvalue weighted by atomic mass is 35.5. The molecule has 0 spiro atoms. The molecule has 8 heteroatoms. The maximum Gasteiger partial charge on any atom is 0.222 e. The van der Waals surface area contributed by atoms with E-state index in [4.69, 9.17) is 11.5 Å². The van der Waals surface area contributed by atoms with Gasteiger partial charge in [0.2, 0.25) is 5.95 Å². The van der Waals surface area contributed by atoms with Crippen molar-refractivity contribution in [3.05, 3.63) is 48.4 Å². The highest BCUT2D eigenvalue weighted by Crippen LogP contribution is 2.27. The van der Waals surface area contributed by atoms with Crippen LogP contribution in [0.3, 0.4) is 0 Å². The first-order valence-electron chi connectivity index (χ1n) is 6.78. The lowest BCUT2D eigenvalue weighted by atomic mass is 10.1. The van der Waals surface area contributed by atoms with Crippen molar-refractivity contribution in [1.29, 1.82) is 0 Å². The Bertz CT molecular complexity index is 981. The zero-order chi connectivity index (χ0) is 15.1. The standard InChI is InChI=1S/C15H13N7.ClH/c16-14-13-10-8-22(7-9-2-1-5-18-6-9)21-11(10)3-4-12(13)19-15(17)20-14;/h1-6,8H,7H2,(H4,16,17,19,20);1H. The van der Waals surface area contributed by atoms with E-state index in [0.29, 0.717) is 12.4 Å². The molecule has 0 aliphatic carbocycles. The minimum absolute atomic E-state index is 0. The van der Waals surface area contributed by atoms with Crippen molar-refractivity contribution < 1.29 is 0 Å². The van der Waals surface area contributed by atoms with E-state index in [1.807, 2.05) is 41.3 Å². The maximum atomic E-state index is 6.01. The number of nitrogens with zero attached hydrogens (tertiary/aromatic N) is 5. The van der Waals surface area contributed by atoms with Crippen molar-refractivity contribution >= 4 is 46.0 Å². The lowest BCUT2D eigenvalue weighted by molar-refractivity contribution is 0.693. The van der Waals surface area contributed by atoms with Crippen molar-refractivity contribution in [2.45, 2.75) is 6.54 Å². The van der Waals surface area contributed by atoms with E-state index in [9.17, 15) is 0 Å². The normalized spacial score (nSPS) is 10.8. The molecule has 0 saturated carbocycles. The van der Waals surface area contributed by atoms with Crippen LogP contribution in [0.1, 0.15) is 5.56 Å². The Kier molecular flexibility index (Phi) is 3.71. The predicted octanol–water partition coefficient (Wildman–Crippen LogP) is 2.01. The van der Waals surface area contributed by atoms with Gasteiger partial charge >= 0.3 is 0 Å². The van der Waals surface area contributed by atoms with E-state index < -0.39 is 0 Å². The maximum absolute atomic E-state index is 6.01. The summed E-state index contributed by atoms with van der Waals surface area (Å²) >= 11 is 0. The van der Waals surface area contributed by atoms with Crippen LogP contribution in [0.5, 0.6) is 0 Å². The van der Waals surface area contributed by atoms with Crippen molar-refractivity contribution in [2.24, 2.45) is 0 Å². The van der Waals surface area contributed by atoms with E-state index in [0.717, 1.165) is 27.4 Å². The summed E-state index contributed by atoms with van der Waals surface area (Å²) in [6.07, 6.45) is 5.52. The van der Waals surface area contributed by atoms with E-state index in [1.54, 1.807) is 6.20 Å². The molecule has 0 aliphatic heterocycles. The smallest absolute Gasteiger partial charge is 0.222 e. The molecule has 0 saturated heterocycles. The molecule has 0 radical (unpaired) electrons. The number of aromatic nitrogens is 5. The predicted molar refractivity (Wildman–Crippen MR) is 92.2 cm³/mol. The fourth-order valence-electron chi connectivity index (χ4n) is 2.58. The molecule has 0 amide bonds. The largest absolute Gasteiger partial charge is 0.383 e. The van der Waals surface area contributed by atoms with Gasteiger partial charge in [0.1, 0.15) is 5.82 Å². The van der Waals surface area contributed by atoms with Crippen LogP contribution >= 0.6 is 12.4 Å². The number of halogens is 1. The Hall–Kier alpha value is -2.93. The van der Waals surface area contributed by atoms with Crippen LogP contribution in [-0.4, -0.2) is 24.7 Å². The fraction of sp³-hybridized carbons (Fsp3) is 0.0667. The zero-order valence-corrected chi connectivity index (χ0v) is 12.9. The molecule has 3 aromatic heterocycles. The zero-order valence-electron chi connectivity index (χ0n) is 12.0. The van der Waals surface area contributed by atoms with Gasteiger partial charge in [-0.2, -0.15) is 10.1 Å². The van der Waals surface area contributed by atoms with Crippen molar-refractivity contribution in [2.75, 3.05) is 11.5 Å². The number of hydrogen-bond donors (Lipinski definition) is 2. The van der Waals surface area contributed by atoms with Gasteiger partial charge in [0.05, 0.1) is 23.0 Å². The molecule has 0 atom stereocenters. The Morgan fingerprint density at radius 1 is 1.04 bits per heavy atom. The number of pyridine rings is 1. The van der Waals surface area contributed by atoms with E-state index in [-0.39, 0.29) is 18.4 Å². The van der Waals surface area contributed by atoms with Gasteiger partial charge in [-0.15, -0.1) is 12.4 Å². The SMILES string of the molecule is Cl.Nc1nc(N)c2c(ccc3nn(Cc4cccnc4)cc32)n1. The Morgan fingerprint density at radius 2 is 1.87 bits per heavy atom. The number of benzene rings is 1. The summed E-state index contributed by atoms with van der Waals surface area (Å²) in [5.74, 6) is 0.543. The number of hydrogen-bond acceptors (Lipinski definition) is 6. The number of nitrogen functional groups attached to an aromatic ring is 2. The van der Waals surface area contributed by atoms with Crippen LogP contribution in [0.15, 0.2) is 42.9 Å². The van der Waals surface area contributed by atoms with E-state index in [1.165, 1.54) is 0 Å². The molecule has 7 nitrogen and oxygen atoms in total. The molecule has 1 aromatic carbocycles. The van der Waals surface area contributed by atoms with Gasteiger partial charge in [-0.05, 0) is 23.8 Å². The third-order valence-corrected chi connectivity index (χ3v) is 3.51. The van der Waals surface area contributed by atoms with Crippen LogP contribution < -0.4 is 11.5 Å². The fourth-order valence-corrected chi connectivity index (χ4v) is 2.58. The molecule has 4 aromatic rings. The minimum Gasteiger partial charge on any atom is -0.383 e. The number of fused-ring (bicyclic) bond motifs is 3. The van der Waals surface area contributed by atoms with Crippen LogP contribution in [0.25, 0.3) is 21.8 Å². The molecular weight excluding hydrogens is 314 g/mol. The van der Waals surface area contributed by atoms with Gasteiger partial charge in [-0.25, -0.2) is 4.98 Å². The van der Waals surface area contributed by atoms with Gasteiger partial charge in [0.15, 0.2) is 0 Å². The lowest BCUT2D eigenvalue weighted by Crippen LogP contribution is -2.00. The summed E-state index contributed by atoms with van der Waals surface area (Å²) in [7, 11) is 0. The molecule has 0 aliphatic rings. The summed E-state index contributed by atoms with van der Waals surface area (Å²) in [5, 5.41) is 6.27. The quantitative estimate of drug-likeness (QED) is 0.583. The van der Waals surface area contributed by atoms with Crippen molar-refractivity contribution in [3.63, 3.8) is 0 Å². The minimum atomic E-state index is 0. The monoisotopic (exact) mass is 327 g/mol. The van der Waals surface area contributed by atoms with Crippen LogP contribution in [0, 0.1) is 0 Å². The van der Waals surface area contributed by atoms with Gasteiger partial charge in [0, 0.05) is 24.0 Å². The first-order chi connectivity index (χ1) is 10.7. The first-order valence-corrected chi connectivity index (χ1v) is 6.78. The van der Waals surface area contributed by atoms with Crippen LogP contribution in [0.2, 0.25) is 0 Å². The topological polar surface area (TPSA) is 109 Å². The molecule has 116 valence electrons. The summed E-state index contributed by atoms with van der Waals surface area (Å²) < 4.78 is 1.86. The first kappa shape index (κ1) is 15.0. The van der Waals surface area contributed by atoms with Crippen molar-refractivity contribution in [1.82, 2.24) is 24.7 Å². The second kappa shape index (κ2) is 5.69. The average molecular weight is 328 g/mol. The van der Waals surface area contributed by atoms with Crippen molar-refractivity contribution in [3.8, 4) is 0 Å². The third kappa shape index (κ3) is 2.62. The van der Waals surface area contributed by atoms with Crippen LogP contribution in [-0.2, 0) is 6.54 Å². The molecule has 0 bridgehead atoms. The summed E-state index contributed by atoms with van der Waals surface area (Å²) in [6, 6.07) is 7.68. The van der Waals surface area contributed by atoms with Gasteiger partial charge < -0.3 is 11.5 Å². The molecule has 0 unspecified atom stereocenters. The number of rotatable bonds is 2. The number of anilines is 2. The molecule has 3 heterocycles. The van der Waals surface area contributed by atoms with E-state index >= 15 is 0 Å². The Balaban J connectivity index is 0.00000156. The Labute approximate surface area is 137 Å².